The number of hydrogen-bond donors (Lipinski definition) is 3. The molecule has 2 aliphatic carbocycles. The van der Waals surface area contributed by atoms with E-state index in [0.29, 0.717) is 12.0 Å². The highest BCUT2D eigenvalue weighted by atomic mass is 16.5. The Bertz CT molecular complexity index is 894. The summed E-state index contributed by atoms with van der Waals surface area (Å²) in [4.78, 5) is 13.8. The minimum atomic E-state index is -0.519. The first-order valence-corrected chi connectivity index (χ1v) is 12.4. The summed E-state index contributed by atoms with van der Waals surface area (Å²) in [5, 5.41) is 12.2. The van der Waals surface area contributed by atoms with Gasteiger partial charge in [0.15, 0.2) is 0 Å². The van der Waals surface area contributed by atoms with Crippen molar-refractivity contribution in [3.05, 3.63) is 77.5 Å². The van der Waals surface area contributed by atoms with Crippen molar-refractivity contribution >= 4 is 12.0 Å². The van der Waals surface area contributed by atoms with Gasteiger partial charge in [-0.2, -0.15) is 0 Å². The first-order chi connectivity index (χ1) is 16.2. The maximum absolute atomic E-state index is 11.2. The van der Waals surface area contributed by atoms with E-state index in [0.717, 1.165) is 37.4 Å². The Morgan fingerprint density at radius 2 is 1.91 bits per heavy atom. The molecule has 5 heteroatoms. The number of nitrogens with zero attached hydrogens (tertiary/aromatic N) is 1. The van der Waals surface area contributed by atoms with Gasteiger partial charge in [-0.15, -0.1) is 0 Å². The van der Waals surface area contributed by atoms with E-state index in [-0.39, 0.29) is 0 Å². The molecule has 3 N–H and O–H groups in total. The number of carbonyl (C=O) groups is 1. The van der Waals surface area contributed by atoms with Gasteiger partial charge in [0.1, 0.15) is 0 Å². The third-order valence-corrected chi connectivity index (χ3v) is 7.12. The largest absolute Gasteiger partial charge is 0.384 e. The number of amides is 1. The molecule has 2 atom stereocenters. The second kappa shape index (κ2) is 12.0. The van der Waals surface area contributed by atoms with Gasteiger partial charge < -0.3 is 5.32 Å². The average molecular weight is 448 g/mol. The smallest absolute Gasteiger partial charge is 0.267 e. The van der Waals surface area contributed by atoms with Crippen LogP contribution < -0.4 is 10.8 Å². The maximum Gasteiger partial charge on any atom is 0.267 e. The lowest BCUT2D eigenvalue weighted by Crippen LogP contribution is -2.32. The molecule has 33 heavy (non-hydrogen) atoms. The Kier molecular flexibility index (Phi) is 8.56. The van der Waals surface area contributed by atoms with Gasteiger partial charge in [-0.25, -0.2) is 5.48 Å². The quantitative estimate of drug-likeness (QED) is 0.217. The van der Waals surface area contributed by atoms with Crippen LogP contribution in [0.3, 0.4) is 0 Å². The molecule has 1 fully saturated rings. The van der Waals surface area contributed by atoms with Crippen LogP contribution in [0.25, 0.3) is 6.08 Å². The lowest BCUT2D eigenvalue weighted by molar-refractivity contribution is -0.124. The van der Waals surface area contributed by atoms with Crippen molar-refractivity contribution in [2.24, 2.45) is 11.8 Å². The summed E-state index contributed by atoms with van der Waals surface area (Å²) in [6, 6.07) is 8.78. The Balaban J connectivity index is 1.38. The van der Waals surface area contributed by atoms with Crippen LogP contribution in [-0.2, 0) is 11.3 Å². The van der Waals surface area contributed by atoms with Crippen molar-refractivity contribution in [2.45, 2.75) is 57.5 Å². The number of carbonyl (C=O) groups excluding carboxylic acids is 1. The van der Waals surface area contributed by atoms with Gasteiger partial charge >= 0.3 is 0 Å². The second-order valence-corrected chi connectivity index (χ2v) is 9.57. The van der Waals surface area contributed by atoms with Gasteiger partial charge in [0, 0.05) is 31.6 Å². The van der Waals surface area contributed by atoms with E-state index < -0.39 is 5.91 Å². The summed E-state index contributed by atoms with van der Waals surface area (Å²) >= 11 is 0. The van der Waals surface area contributed by atoms with E-state index in [2.05, 4.69) is 52.9 Å². The summed E-state index contributed by atoms with van der Waals surface area (Å²) in [7, 11) is 0. The lowest BCUT2D eigenvalue weighted by atomic mass is 9.88. The molecule has 0 spiro atoms. The molecular weight excluding hydrogens is 410 g/mol. The number of hydroxylamine groups is 1. The van der Waals surface area contributed by atoms with Gasteiger partial charge in [-0.3, -0.25) is 14.9 Å². The topological polar surface area (TPSA) is 64.6 Å². The predicted octanol–water partition coefficient (Wildman–Crippen LogP) is 4.97. The number of nitrogens with one attached hydrogen (secondary N) is 2. The molecule has 1 heterocycles. The molecule has 1 aromatic rings. The minimum absolute atomic E-state index is 0.416. The summed E-state index contributed by atoms with van der Waals surface area (Å²) in [5.41, 5.74) is 5.37. The molecule has 1 aromatic carbocycles. The van der Waals surface area contributed by atoms with Crippen LogP contribution in [0.5, 0.6) is 0 Å². The zero-order chi connectivity index (χ0) is 22.9. The standard InChI is InChI=1S/C28H37N3O2/c32-28(30-33)16-15-22-11-13-24(14-12-22)21-31(20-23-7-3-1-4-8-23)18-17-25-19-29-27-10-6-2-5-9-26(25)27/h5-6,9-16,19,23,26-27,29,33H,1-4,7-8,17-18,20-21H2,(H,30,32)/b16-15+. The maximum atomic E-state index is 11.2. The Labute approximate surface area is 197 Å². The molecule has 1 saturated carbocycles. The first-order valence-electron chi connectivity index (χ1n) is 12.4. The van der Waals surface area contributed by atoms with Gasteiger partial charge in [0.25, 0.3) is 5.91 Å². The number of fused-ring (bicyclic) bond motifs is 1. The van der Waals surface area contributed by atoms with Crippen molar-refractivity contribution in [1.29, 1.82) is 0 Å². The monoisotopic (exact) mass is 447 g/mol. The zero-order valence-electron chi connectivity index (χ0n) is 19.5. The van der Waals surface area contributed by atoms with Crippen LogP contribution >= 0.6 is 0 Å². The van der Waals surface area contributed by atoms with Gasteiger partial charge in [0.05, 0.1) is 6.04 Å². The Morgan fingerprint density at radius 3 is 2.70 bits per heavy atom. The van der Waals surface area contributed by atoms with Crippen molar-refractivity contribution in [2.75, 3.05) is 13.1 Å². The summed E-state index contributed by atoms with van der Waals surface area (Å²) in [6.07, 6.45) is 23.5. The van der Waals surface area contributed by atoms with Gasteiger partial charge in [-0.05, 0) is 60.6 Å². The molecule has 5 nitrogen and oxygen atoms in total. The number of rotatable bonds is 9. The van der Waals surface area contributed by atoms with Gasteiger partial charge in [0.2, 0.25) is 0 Å². The average Bonchev–Trinajstić information content (AvgIpc) is 3.08. The minimum Gasteiger partial charge on any atom is -0.384 e. The summed E-state index contributed by atoms with van der Waals surface area (Å²) in [6.45, 7) is 3.19. The fraction of sp³-hybridized carbons (Fsp3) is 0.464. The fourth-order valence-corrected chi connectivity index (χ4v) is 5.28. The van der Waals surface area contributed by atoms with E-state index in [1.807, 2.05) is 12.1 Å². The van der Waals surface area contributed by atoms with Crippen molar-refractivity contribution in [1.82, 2.24) is 15.7 Å². The molecule has 2 unspecified atom stereocenters. The first kappa shape index (κ1) is 23.5. The summed E-state index contributed by atoms with van der Waals surface area (Å²) < 4.78 is 0. The fourth-order valence-electron chi connectivity index (χ4n) is 5.28. The third-order valence-electron chi connectivity index (χ3n) is 7.12. The SMILES string of the molecule is O=C(/C=C/c1ccc(CN(CCC2=CNC3C=CCC=CC23)CC2CCCCC2)cc1)NO. The number of hydrogen-bond acceptors (Lipinski definition) is 4. The van der Waals surface area contributed by atoms with Crippen molar-refractivity contribution in [3.8, 4) is 0 Å². The van der Waals surface area contributed by atoms with E-state index >= 15 is 0 Å². The molecule has 0 radical (unpaired) electrons. The summed E-state index contributed by atoms with van der Waals surface area (Å²) in [5.74, 6) is 0.777. The van der Waals surface area contributed by atoms with E-state index in [9.17, 15) is 4.79 Å². The predicted molar refractivity (Wildman–Crippen MR) is 133 cm³/mol. The van der Waals surface area contributed by atoms with E-state index in [4.69, 9.17) is 5.21 Å². The third kappa shape index (κ3) is 6.92. The van der Waals surface area contributed by atoms with E-state index in [1.54, 1.807) is 11.6 Å². The van der Waals surface area contributed by atoms with Crippen LogP contribution in [-0.4, -0.2) is 35.1 Å². The Hall–Kier alpha value is -2.63. The van der Waals surface area contributed by atoms with Crippen LogP contribution in [0.15, 0.2) is 66.4 Å². The van der Waals surface area contributed by atoms with Crippen LogP contribution in [0.1, 0.15) is 56.1 Å². The highest BCUT2D eigenvalue weighted by molar-refractivity contribution is 5.90. The van der Waals surface area contributed by atoms with Crippen LogP contribution in [0.2, 0.25) is 0 Å². The number of benzene rings is 1. The van der Waals surface area contributed by atoms with Crippen LogP contribution in [0, 0.1) is 11.8 Å². The molecule has 1 amide bonds. The van der Waals surface area contributed by atoms with Gasteiger partial charge in [-0.1, -0.05) is 67.8 Å². The van der Waals surface area contributed by atoms with Crippen molar-refractivity contribution < 1.29 is 10.0 Å². The van der Waals surface area contributed by atoms with Crippen LogP contribution in [0.4, 0.5) is 0 Å². The molecule has 0 aromatic heterocycles. The highest BCUT2D eigenvalue weighted by Gasteiger charge is 2.26. The molecule has 0 bridgehead atoms. The Morgan fingerprint density at radius 1 is 1.12 bits per heavy atom. The second-order valence-electron chi connectivity index (χ2n) is 9.57. The normalized spacial score (nSPS) is 22.8. The number of allylic oxidation sites excluding steroid dienone is 2. The molecule has 1 aliphatic heterocycles. The van der Waals surface area contributed by atoms with E-state index in [1.165, 1.54) is 55.9 Å². The highest BCUT2D eigenvalue weighted by Crippen LogP contribution is 2.30. The zero-order valence-corrected chi connectivity index (χ0v) is 19.5. The molecular formula is C28H37N3O2. The molecule has 4 rings (SSSR count). The molecule has 3 aliphatic rings. The molecule has 0 saturated heterocycles. The molecule has 176 valence electrons. The van der Waals surface area contributed by atoms with Crippen molar-refractivity contribution in [3.63, 3.8) is 0 Å². The lowest BCUT2D eigenvalue weighted by Gasteiger charge is -2.30.